The minimum absolute atomic E-state index is 0.0920. The number of morpholine rings is 1. The Kier molecular flexibility index (Phi) is 4.20. The van der Waals surface area contributed by atoms with Crippen molar-refractivity contribution in [2.75, 3.05) is 31.6 Å². The number of anilines is 1. The molecule has 1 aliphatic rings. The molecule has 1 amide bonds. The predicted octanol–water partition coefficient (Wildman–Crippen LogP) is 1.98. The van der Waals surface area contributed by atoms with Gasteiger partial charge in [-0.3, -0.25) is 4.79 Å². The first kappa shape index (κ1) is 12.9. The van der Waals surface area contributed by atoms with Gasteiger partial charge < -0.3 is 15.0 Å². The molecule has 1 fully saturated rings. The van der Waals surface area contributed by atoms with Gasteiger partial charge in [-0.1, -0.05) is 0 Å². The fourth-order valence-electron chi connectivity index (χ4n) is 1.99. The minimum atomic E-state index is 0.0920. The summed E-state index contributed by atoms with van der Waals surface area (Å²) in [6.07, 6.45) is 0. The first-order valence-electron chi connectivity index (χ1n) is 6.40. The number of ether oxygens (including phenoxy) is 1. The Morgan fingerprint density at radius 1 is 1.22 bits per heavy atom. The lowest BCUT2D eigenvalue weighted by Crippen LogP contribution is -2.40. The standard InChI is InChI=1S/C14H20N2O2/c1-11(2)15-13-5-3-12(4-6-13)14(17)16-7-9-18-10-8-16/h3-6,11,15H,7-10H2,1-2H3. The summed E-state index contributed by atoms with van der Waals surface area (Å²) in [6, 6.07) is 8.05. The minimum Gasteiger partial charge on any atom is -0.383 e. The summed E-state index contributed by atoms with van der Waals surface area (Å²) < 4.78 is 5.24. The van der Waals surface area contributed by atoms with Gasteiger partial charge in [0.2, 0.25) is 0 Å². The van der Waals surface area contributed by atoms with Gasteiger partial charge in [-0.05, 0) is 38.1 Å². The Hall–Kier alpha value is -1.55. The van der Waals surface area contributed by atoms with Gasteiger partial charge in [-0.25, -0.2) is 0 Å². The molecule has 0 unspecified atom stereocenters. The fourth-order valence-corrected chi connectivity index (χ4v) is 1.99. The van der Waals surface area contributed by atoms with Crippen LogP contribution >= 0.6 is 0 Å². The van der Waals surface area contributed by atoms with Crippen molar-refractivity contribution in [1.29, 1.82) is 0 Å². The molecule has 2 rings (SSSR count). The molecule has 4 nitrogen and oxygen atoms in total. The third-order valence-electron chi connectivity index (χ3n) is 2.89. The lowest BCUT2D eigenvalue weighted by molar-refractivity contribution is 0.0303. The topological polar surface area (TPSA) is 41.6 Å². The Labute approximate surface area is 108 Å². The molecule has 0 aliphatic carbocycles. The molecule has 0 saturated carbocycles. The van der Waals surface area contributed by atoms with Crippen LogP contribution < -0.4 is 5.32 Å². The third kappa shape index (κ3) is 3.23. The van der Waals surface area contributed by atoms with E-state index in [9.17, 15) is 4.79 Å². The number of carbonyl (C=O) groups is 1. The van der Waals surface area contributed by atoms with Crippen LogP contribution in [-0.2, 0) is 4.74 Å². The second-order valence-electron chi connectivity index (χ2n) is 4.78. The quantitative estimate of drug-likeness (QED) is 0.889. The summed E-state index contributed by atoms with van der Waals surface area (Å²) in [6.45, 7) is 6.83. The lowest BCUT2D eigenvalue weighted by Gasteiger charge is -2.26. The van der Waals surface area contributed by atoms with E-state index in [0.29, 0.717) is 32.3 Å². The molecular formula is C14H20N2O2. The van der Waals surface area contributed by atoms with E-state index in [2.05, 4.69) is 19.2 Å². The van der Waals surface area contributed by atoms with Gasteiger partial charge in [0.25, 0.3) is 5.91 Å². The van der Waals surface area contributed by atoms with Crippen molar-refractivity contribution in [3.8, 4) is 0 Å². The molecule has 1 heterocycles. The number of benzene rings is 1. The number of hydrogen-bond acceptors (Lipinski definition) is 3. The summed E-state index contributed by atoms with van der Waals surface area (Å²) >= 11 is 0. The van der Waals surface area contributed by atoms with Crippen molar-refractivity contribution in [2.45, 2.75) is 19.9 Å². The van der Waals surface area contributed by atoms with Gasteiger partial charge >= 0.3 is 0 Å². The summed E-state index contributed by atoms with van der Waals surface area (Å²) in [5.41, 5.74) is 1.79. The van der Waals surface area contributed by atoms with Crippen molar-refractivity contribution in [2.24, 2.45) is 0 Å². The molecule has 4 heteroatoms. The van der Waals surface area contributed by atoms with E-state index in [4.69, 9.17) is 4.74 Å². The summed E-state index contributed by atoms with van der Waals surface area (Å²) in [5.74, 6) is 0.0920. The molecule has 1 aromatic carbocycles. The zero-order valence-electron chi connectivity index (χ0n) is 11.0. The molecule has 1 aromatic rings. The molecule has 0 spiro atoms. The molecule has 1 N–H and O–H groups in total. The van der Waals surface area contributed by atoms with E-state index in [1.807, 2.05) is 29.2 Å². The highest BCUT2D eigenvalue weighted by atomic mass is 16.5. The van der Waals surface area contributed by atoms with E-state index in [-0.39, 0.29) is 5.91 Å². The average molecular weight is 248 g/mol. The predicted molar refractivity (Wildman–Crippen MR) is 71.9 cm³/mol. The van der Waals surface area contributed by atoms with Crippen LogP contribution in [0.25, 0.3) is 0 Å². The van der Waals surface area contributed by atoms with Crippen LogP contribution in [0.2, 0.25) is 0 Å². The van der Waals surface area contributed by atoms with Gasteiger partial charge in [0.15, 0.2) is 0 Å². The first-order chi connectivity index (χ1) is 8.66. The van der Waals surface area contributed by atoms with Crippen LogP contribution in [0.5, 0.6) is 0 Å². The number of hydrogen-bond donors (Lipinski definition) is 1. The number of nitrogens with zero attached hydrogens (tertiary/aromatic N) is 1. The molecule has 1 saturated heterocycles. The van der Waals surface area contributed by atoms with Gasteiger partial charge in [-0.15, -0.1) is 0 Å². The van der Waals surface area contributed by atoms with Gasteiger partial charge in [0.1, 0.15) is 0 Å². The highest BCUT2D eigenvalue weighted by Crippen LogP contribution is 2.13. The first-order valence-corrected chi connectivity index (χ1v) is 6.40. The van der Waals surface area contributed by atoms with Crippen LogP contribution in [0.1, 0.15) is 24.2 Å². The maximum Gasteiger partial charge on any atom is 0.254 e. The van der Waals surface area contributed by atoms with Crippen LogP contribution in [0.3, 0.4) is 0 Å². The van der Waals surface area contributed by atoms with Crippen LogP contribution in [0, 0.1) is 0 Å². The van der Waals surface area contributed by atoms with Crippen LogP contribution in [0.4, 0.5) is 5.69 Å². The number of nitrogens with one attached hydrogen (secondary N) is 1. The summed E-state index contributed by atoms with van der Waals surface area (Å²) in [4.78, 5) is 14.0. The number of amides is 1. The maximum atomic E-state index is 12.2. The summed E-state index contributed by atoms with van der Waals surface area (Å²) in [7, 11) is 0. The van der Waals surface area contributed by atoms with Crippen molar-refractivity contribution in [3.63, 3.8) is 0 Å². The van der Waals surface area contributed by atoms with Crippen molar-refractivity contribution in [3.05, 3.63) is 29.8 Å². The number of rotatable bonds is 3. The Morgan fingerprint density at radius 2 is 1.83 bits per heavy atom. The normalized spacial score (nSPS) is 15.8. The summed E-state index contributed by atoms with van der Waals surface area (Å²) in [5, 5.41) is 3.31. The Morgan fingerprint density at radius 3 is 2.39 bits per heavy atom. The molecule has 98 valence electrons. The lowest BCUT2D eigenvalue weighted by atomic mass is 10.1. The molecule has 18 heavy (non-hydrogen) atoms. The zero-order chi connectivity index (χ0) is 13.0. The van der Waals surface area contributed by atoms with E-state index < -0.39 is 0 Å². The van der Waals surface area contributed by atoms with Gasteiger partial charge in [-0.2, -0.15) is 0 Å². The van der Waals surface area contributed by atoms with Gasteiger partial charge in [0.05, 0.1) is 13.2 Å². The van der Waals surface area contributed by atoms with E-state index in [0.717, 1.165) is 11.3 Å². The molecule has 0 bridgehead atoms. The van der Waals surface area contributed by atoms with Crippen LogP contribution in [0.15, 0.2) is 24.3 Å². The van der Waals surface area contributed by atoms with E-state index in [1.54, 1.807) is 0 Å². The number of carbonyl (C=O) groups excluding carboxylic acids is 1. The third-order valence-corrected chi connectivity index (χ3v) is 2.89. The zero-order valence-corrected chi connectivity index (χ0v) is 11.0. The van der Waals surface area contributed by atoms with Crippen LogP contribution in [-0.4, -0.2) is 43.2 Å². The Bertz CT molecular complexity index is 395. The largest absolute Gasteiger partial charge is 0.383 e. The molecule has 1 aliphatic heterocycles. The molecule has 0 atom stereocenters. The maximum absolute atomic E-state index is 12.2. The molecular weight excluding hydrogens is 228 g/mol. The smallest absolute Gasteiger partial charge is 0.254 e. The second kappa shape index (κ2) is 5.87. The van der Waals surface area contributed by atoms with Crippen molar-refractivity contribution in [1.82, 2.24) is 4.90 Å². The fraction of sp³-hybridized carbons (Fsp3) is 0.500. The average Bonchev–Trinajstić information content (AvgIpc) is 2.39. The highest BCUT2D eigenvalue weighted by Gasteiger charge is 2.18. The Balaban J connectivity index is 2.02. The van der Waals surface area contributed by atoms with Crippen molar-refractivity contribution < 1.29 is 9.53 Å². The van der Waals surface area contributed by atoms with E-state index >= 15 is 0 Å². The van der Waals surface area contributed by atoms with E-state index in [1.165, 1.54) is 0 Å². The second-order valence-corrected chi connectivity index (χ2v) is 4.78. The van der Waals surface area contributed by atoms with Gasteiger partial charge in [0, 0.05) is 30.4 Å². The van der Waals surface area contributed by atoms with Crippen molar-refractivity contribution >= 4 is 11.6 Å². The SMILES string of the molecule is CC(C)Nc1ccc(C(=O)N2CCOCC2)cc1. The monoisotopic (exact) mass is 248 g/mol. The molecule has 0 radical (unpaired) electrons. The highest BCUT2D eigenvalue weighted by molar-refractivity contribution is 5.94. The molecule has 0 aromatic heterocycles.